The van der Waals surface area contributed by atoms with E-state index in [1.807, 2.05) is 44.2 Å². The van der Waals surface area contributed by atoms with Crippen LogP contribution >= 0.6 is 0 Å². The van der Waals surface area contributed by atoms with Crippen molar-refractivity contribution in [3.8, 4) is 5.75 Å². The molecule has 6 heteroatoms. The summed E-state index contributed by atoms with van der Waals surface area (Å²) < 4.78 is 5.62. The molecule has 0 aromatic heterocycles. The van der Waals surface area contributed by atoms with Gasteiger partial charge in [-0.1, -0.05) is 26.3 Å². The van der Waals surface area contributed by atoms with Gasteiger partial charge in [-0.05, 0) is 62.2 Å². The summed E-state index contributed by atoms with van der Waals surface area (Å²) in [5.41, 5.74) is 1.99. The van der Waals surface area contributed by atoms with Crippen LogP contribution in [0.4, 0.5) is 11.4 Å². The number of anilines is 2. The number of ether oxygens (including phenoxy) is 1. The molecule has 2 rings (SSSR count). The fraction of sp³-hybridized carbons (Fsp3) is 0.391. The molecule has 2 amide bonds. The van der Waals surface area contributed by atoms with Crippen molar-refractivity contribution < 1.29 is 14.3 Å². The van der Waals surface area contributed by atoms with Gasteiger partial charge in [-0.3, -0.25) is 9.59 Å². The molecule has 0 aliphatic rings. The highest BCUT2D eigenvalue weighted by molar-refractivity contribution is 5.96. The normalized spacial score (nSPS) is 11.4. The quantitative estimate of drug-likeness (QED) is 0.490. The molecule has 29 heavy (non-hydrogen) atoms. The highest BCUT2D eigenvalue weighted by Gasteiger charge is 2.09. The van der Waals surface area contributed by atoms with Gasteiger partial charge in [0, 0.05) is 23.0 Å². The van der Waals surface area contributed by atoms with Gasteiger partial charge in [0.1, 0.15) is 5.75 Å². The summed E-state index contributed by atoms with van der Waals surface area (Å²) in [6.45, 7) is 6.91. The molecule has 0 aliphatic heterocycles. The van der Waals surface area contributed by atoms with E-state index in [2.05, 4.69) is 22.9 Å². The summed E-state index contributed by atoms with van der Waals surface area (Å²) in [6, 6.07) is 14.6. The molecule has 0 radical (unpaired) electrons. The standard InChI is InChI=1S/C23H31N3O3/c1-4-6-14-29-21-12-10-19(11-13-21)26-22(27)16-24-20-9-7-8-18(15-20)23(28)25-17(3)5-2/h7-13,15,17,24H,4-6,14,16H2,1-3H3,(H,25,28)(H,26,27). The first-order chi connectivity index (χ1) is 14.0. The molecule has 2 aromatic rings. The lowest BCUT2D eigenvalue weighted by Gasteiger charge is -2.13. The molecule has 1 atom stereocenters. The van der Waals surface area contributed by atoms with Crippen molar-refractivity contribution >= 4 is 23.2 Å². The minimum absolute atomic E-state index is 0.102. The third-order valence-corrected chi connectivity index (χ3v) is 4.47. The van der Waals surface area contributed by atoms with Crippen LogP contribution < -0.4 is 20.7 Å². The molecule has 0 spiro atoms. The highest BCUT2D eigenvalue weighted by atomic mass is 16.5. The Labute approximate surface area is 173 Å². The Hall–Kier alpha value is -3.02. The first kappa shape index (κ1) is 22.3. The van der Waals surface area contributed by atoms with E-state index in [-0.39, 0.29) is 24.4 Å². The molecule has 0 bridgehead atoms. The fourth-order valence-electron chi connectivity index (χ4n) is 2.54. The molecule has 6 nitrogen and oxygen atoms in total. The maximum Gasteiger partial charge on any atom is 0.251 e. The van der Waals surface area contributed by atoms with E-state index < -0.39 is 0 Å². The number of hydrogen-bond donors (Lipinski definition) is 3. The monoisotopic (exact) mass is 397 g/mol. The minimum atomic E-state index is -0.167. The van der Waals surface area contributed by atoms with E-state index in [1.54, 1.807) is 18.2 Å². The summed E-state index contributed by atoms with van der Waals surface area (Å²) >= 11 is 0. The smallest absolute Gasteiger partial charge is 0.251 e. The summed E-state index contributed by atoms with van der Waals surface area (Å²) in [5.74, 6) is 0.509. The number of rotatable bonds is 11. The average Bonchev–Trinajstić information content (AvgIpc) is 2.73. The lowest BCUT2D eigenvalue weighted by Crippen LogP contribution is -2.31. The number of unbranched alkanes of at least 4 members (excludes halogenated alkanes) is 1. The topological polar surface area (TPSA) is 79.5 Å². The zero-order chi connectivity index (χ0) is 21.1. The maximum absolute atomic E-state index is 12.2. The van der Waals surface area contributed by atoms with E-state index in [9.17, 15) is 9.59 Å². The van der Waals surface area contributed by atoms with Crippen molar-refractivity contribution in [2.75, 3.05) is 23.8 Å². The van der Waals surface area contributed by atoms with Crippen LogP contribution in [-0.2, 0) is 4.79 Å². The second kappa shape index (κ2) is 11.7. The molecule has 1 unspecified atom stereocenters. The number of nitrogens with one attached hydrogen (secondary N) is 3. The molecule has 0 fully saturated rings. The van der Waals surface area contributed by atoms with E-state index in [0.717, 1.165) is 30.7 Å². The van der Waals surface area contributed by atoms with Crippen LogP contribution in [0.3, 0.4) is 0 Å². The molecule has 0 heterocycles. The highest BCUT2D eigenvalue weighted by Crippen LogP contribution is 2.16. The van der Waals surface area contributed by atoms with E-state index in [1.165, 1.54) is 0 Å². The Kier molecular flexibility index (Phi) is 9.02. The summed E-state index contributed by atoms with van der Waals surface area (Å²) in [5, 5.41) is 8.83. The summed E-state index contributed by atoms with van der Waals surface area (Å²) in [6.07, 6.45) is 2.98. The molecule has 156 valence electrons. The van der Waals surface area contributed by atoms with Crippen LogP contribution in [0.5, 0.6) is 5.75 Å². The Morgan fingerprint density at radius 2 is 1.79 bits per heavy atom. The average molecular weight is 398 g/mol. The van der Waals surface area contributed by atoms with Gasteiger partial charge in [0.25, 0.3) is 5.91 Å². The van der Waals surface area contributed by atoms with Gasteiger partial charge in [-0.15, -0.1) is 0 Å². The van der Waals surface area contributed by atoms with Crippen LogP contribution in [0, 0.1) is 0 Å². The summed E-state index contributed by atoms with van der Waals surface area (Å²) in [4.78, 5) is 24.4. The first-order valence-electron chi connectivity index (χ1n) is 10.2. The van der Waals surface area contributed by atoms with Gasteiger partial charge >= 0.3 is 0 Å². The zero-order valence-corrected chi connectivity index (χ0v) is 17.5. The van der Waals surface area contributed by atoms with Gasteiger partial charge in [-0.2, -0.15) is 0 Å². The van der Waals surface area contributed by atoms with Crippen LogP contribution in [0.1, 0.15) is 50.4 Å². The Balaban J connectivity index is 1.83. The third-order valence-electron chi connectivity index (χ3n) is 4.47. The third kappa shape index (κ3) is 7.86. The largest absolute Gasteiger partial charge is 0.494 e. The van der Waals surface area contributed by atoms with Crippen LogP contribution in [0.15, 0.2) is 48.5 Å². The molecule has 3 N–H and O–H groups in total. The number of carbonyl (C=O) groups excluding carboxylic acids is 2. The van der Waals surface area contributed by atoms with Gasteiger partial charge in [0.05, 0.1) is 13.2 Å². The SMILES string of the molecule is CCCCOc1ccc(NC(=O)CNc2cccc(C(=O)NC(C)CC)c2)cc1. The van der Waals surface area contributed by atoms with Gasteiger partial charge < -0.3 is 20.7 Å². The van der Waals surface area contributed by atoms with Crippen molar-refractivity contribution in [2.45, 2.75) is 46.1 Å². The van der Waals surface area contributed by atoms with Crippen molar-refractivity contribution in [1.82, 2.24) is 5.32 Å². The van der Waals surface area contributed by atoms with Gasteiger partial charge in [-0.25, -0.2) is 0 Å². The number of benzene rings is 2. The maximum atomic E-state index is 12.2. The Morgan fingerprint density at radius 3 is 2.48 bits per heavy atom. The fourth-order valence-corrected chi connectivity index (χ4v) is 2.54. The number of hydrogen-bond acceptors (Lipinski definition) is 4. The lowest BCUT2D eigenvalue weighted by atomic mass is 10.1. The van der Waals surface area contributed by atoms with E-state index >= 15 is 0 Å². The predicted octanol–water partition coefficient (Wildman–Crippen LogP) is 4.44. The molecule has 0 aliphatic carbocycles. The van der Waals surface area contributed by atoms with Gasteiger partial charge in [0.2, 0.25) is 5.91 Å². The van der Waals surface area contributed by atoms with Crippen molar-refractivity contribution in [3.05, 3.63) is 54.1 Å². The Morgan fingerprint density at radius 1 is 1.03 bits per heavy atom. The summed E-state index contributed by atoms with van der Waals surface area (Å²) in [7, 11) is 0. The molecular formula is C23H31N3O3. The van der Waals surface area contributed by atoms with E-state index in [4.69, 9.17) is 4.74 Å². The molecule has 0 saturated heterocycles. The predicted molar refractivity (Wildman–Crippen MR) is 118 cm³/mol. The second-order valence-electron chi connectivity index (χ2n) is 6.99. The van der Waals surface area contributed by atoms with Crippen molar-refractivity contribution in [2.24, 2.45) is 0 Å². The number of amides is 2. The van der Waals surface area contributed by atoms with Gasteiger partial charge in [0.15, 0.2) is 0 Å². The van der Waals surface area contributed by atoms with Crippen LogP contribution in [0.25, 0.3) is 0 Å². The number of carbonyl (C=O) groups is 2. The van der Waals surface area contributed by atoms with E-state index in [0.29, 0.717) is 17.9 Å². The first-order valence-corrected chi connectivity index (χ1v) is 10.2. The molecule has 0 saturated carbocycles. The van der Waals surface area contributed by atoms with Crippen molar-refractivity contribution in [3.63, 3.8) is 0 Å². The zero-order valence-electron chi connectivity index (χ0n) is 17.5. The minimum Gasteiger partial charge on any atom is -0.494 e. The molecule has 2 aromatic carbocycles. The Bertz CT molecular complexity index is 790. The van der Waals surface area contributed by atoms with Crippen LogP contribution in [-0.4, -0.2) is 31.0 Å². The van der Waals surface area contributed by atoms with Crippen LogP contribution in [0.2, 0.25) is 0 Å². The second-order valence-corrected chi connectivity index (χ2v) is 6.99. The molecular weight excluding hydrogens is 366 g/mol. The lowest BCUT2D eigenvalue weighted by molar-refractivity contribution is -0.114. The van der Waals surface area contributed by atoms with Crippen molar-refractivity contribution in [1.29, 1.82) is 0 Å².